The molecule has 1 aromatic heterocycles. The first-order valence-corrected chi connectivity index (χ1v) is 6.87. The molecule has 96 valence electrons. The van der Waals surface area contributed by atoms with Gasteiger partial charge in [-0.1, -0.05) is 12.1 Å². The molecule has 0 unspecified atom stereocenters. The van der Waals surface area contributed by atoms with E-state index in [2.05, 4.69) is 37.6 Å². The van der Waals surface area contributed by atoms with Gasteiger partial charge in [0.1, 0.15) is 10.4 Å². The third-order valence-electron chi connectivity index (χ3n) is 2.87. The average molecular weight is 309 g/mol. The zero-order chi connectivity index (χ0) is 13.0. The first kappa shape index (κ1) is 13.1. The summed E-state index contributed by atoms with van der Waals surface area (Å²) >= 11 is 3.47. The summed E-state index contributed by atoms with van der Waals surface area (Å²) in [6.07, 6.45) is 3.78. The van der Waals surface area contributed by atoms with Crippen LogP contribution in [-0.4, -0.2) is 16.2 Å². The number of halogens is 1. The summed E-state index contributed by atoms with van der Waals surface area (Å²) in [5.41, 5.74) is 2.51. The van der Waals surface area contributed by atoms with E-state index in [0.717, 1.165) is 23.2 Å². The zero-order valence-corrected chi connectivity index (χ0v) is 12.3. The van der Waals surface area contributed by atoms with Gasteiger partial charge in [0.05, 0.1) is 18.6 Å². The Morgan fingerprint density at radius 3 is 2.83 bits per heavy atom. The van der Waals surface area contributed by atoms with Crippen molar-refractivity contribution in [2.75, 3.05) is 6.61 Å². The molecule has 0 fully saturated rings. The topological polar surface area (TPSA) is 27.1 Å². The van der Waals surface area contributed by atoms with Crippen LogP contribution >= 0.6 is 15.9 Å². The smallest absolute Gasteiger partial charge is 0.127 e. The molecular formula is C14H17BrN2O. The van der Waals surface area contributed by atoms with E-state index in [9.17, 15) is 0 Å². The Balaban J connectivity index is 2.04. The van der Waals surface area contributed by atoms with Crippen molar-refractivity contribution in [2.45, 2.75) is 19.8 Å². The number of nitrogens with zero attached hydrogens (tertiary/aromatic N) is 2. The second kappa shape index (κ2) is 6.05. The third-order valence-corrected chi connectivity index (χ3v) is 3.53. The number of hydrogen-bond acceptors (Lipinski definition) is 2. The van der Waals surface area contributed by atoms with Crippen molar-refractivity contribution in [1.82, 2.24) is 9.55 Å². The molecule has 4 heteroatoms. The molecule has 0 spiro atoms. The fourth-order valence-electron chi connectivity index (χ4n) is 1.93. The Hall–Kier alpha value is -1.29. The molecule has 0 atom stereocenters. The monoisotopic (exact) mass is 308 g/mol. The van der Waals surface area contributed by atoms with E-state index < -0.39 is 0 Å². The number of hydrogen-bond donors (Lipinski definition) is 0. The van der Waals surface area contributed by atoms with Gasteiger partial charge < -0.3 is 9.30 Å². The van der Waals surface area contributed by atoms with Crippen LogP contribution in [0.5, 0.6) is 5.75 Å². The quantitative estimate of drug-likeness (QED) is 0.847. The number of benzene rings is 1. The van der Waals surface area contributed by atoms with Gasteiger partial charge in [-0.25, -0.2) is 4.98 Å². The minimum atomic E-state index is 0.705. The molecule has 0 aliphatic carbocycles. The Bertz CT molecular complexity index is 503. The van der Waals surface area contributed by atoms with E-state index in [1.54, 1.807) is 0 Å². The highest BCUT2D eigenvalue weighted by molar-refractivity contribution is 9.10. The standard InChI is InChI=1S/C14H17BrN2O/c1-3-18-12-6-4-5-11(9-12)7-8-13-14(15)16-10-17(13)2/h4-6,9-10H,3,7-8H2,1-2H3. The summed E-state index contributed by atoms with van der Waals surface area (Å²) in [5.74, 6) is 0.944. The summed E-state index contributed by atoms with van der Waals surface area (Å²) in [5, 5.41) is 0. The fraction of sp³-hybridized carbons (Fsp3) is 0.357. The van der Waals surface area contributed by atoms with Crippen molar-refractivity contribution >= 4 is 15.9 Å². The second-order valence-electron chi connectivity index (χ2n) is 4.17. The molecular weight excluding hydrogens is 292 g/mol. The van der Waals surface area contributed by atoms with Gasteiger partial charge in [-0.05, 0) is 53.4 Å². The Labute approximate surface area is 116 Å². The molecule has 0 aliphatic heterocycles. The normalized spacial score (nSPS) is 10.6. The van der Waals surface area contributed by atoms with Crippen molar-refractivity contribution in [2.24, 2.45) is 7.05 Å². The van der Waals surface area contributed by atoms with Crippen LogP contribution in [0.1, 0.15) is 18.2 Å². The van der Waals surface area contributed by atoms with Crippen LogP contribution in [0.3, 0.4) is 0 Å². The third kappa shape index (κ3) is 3.13. The van der Waals surface area contributed by atoms with E-state index in [1.165, 1.54) is 11.3 Å². The Morgan fingerprint density at radius 1 is 1.33 bits per heavy atom. The summed E-state index contributed by atoms with van der Waals surface area (Å²) in [6.45, 7) is 2.70. The van der Waals surface area contributed by atoms with Crippen molar-refractivity contribution in [3.8, 4) is 5.75 Å². The van der Waals surface area contributed by atoms with Gasteiger partial charge in [0.2, 0.25) is 0 Å². The van der Waals surface area contributed by atoms with Crippen LogP contribution in [0.2, 0.25) is 0 Å². The van der Waals surface area contributed by atoms with E-state index in [4.69, 9.17) is 4.74 Å². The largest absolute Gasteiger partial charge is 0.494 e. The van der Waals surface area contributed by atoms with Gasteiger partial charge in [-0.3, -0.25) is 0 Å². The van der Waals surface area contributed by atoms with Crippen molar-refractivity contribution in [3.05, 3.63) is 46.5 Å². The molecule has 2 aromatic rings. The molecule has 0 amide bonds. The van der Waals surface area contributed by atoms with Crippen LogP contribution in [-0.2, 0) is 19.9 Å². The Morgan fingerprint density at radius 2 is 2.17 bits per heavy atom. The first-order chi connectivity index (χ1) is 8.70. The lowest BCUT2D eigenvalue weighted by molar-refractivity contribution is 0.340. The van der Waals surface area contributed by atoms with Crippen LogP contribution in [0.15, 0.2) is 35.2 Å². The maximum absolute atomic E-state index is 5.50. The number of aryl methyl sites for hydroxylation is 2. The second-order valence-corrected chi connectivity index (χ2v) is 4.92. The lowest BCUT2D eigenvalue weighted by Gasteiger charge is -2.07. The SMILES string of the molecule is CCOc1cccc(CCc2c(Br)ncn2C)c1. The molecule has 18 heavy (non-hydrogen) atoms. The lowest BCUT2D eigenvalue weighted by atomic mass is 10.1. The predicted molar refractivity (Wildman–Crippen MR) is 75.9 cm³/mol. The molecule has 3 nitrogen and oxygen atoms in total. The van der Waals surface area contributed by atoms with Gasteiger partial charge in [-0.15, -0.1) is 0 Å². The number of ether oxygens (including phenoxy) is 1. The Kier molecular flexibility index (Phi) is 4.42. The maximum Gasteiger partial charge on any atom is 0.127 e. The average Bonchev–Trinajstić information content (AvgIpc) is 2.68. The number of rotatable bonds is 5. The van der Waals surface area contributed by atoms with Gasteiger partial charge in [0, 0.05) is 7.05 Å². The lowest BCUT2D eigenvalue weighted by Crippen LogP contribution is -1.99. The summed E-state index contributed by atoms with van der Waals surface area (Å²) in [4.78, 5) is 4.23. The van der Waals surface area contributed by atoms with Crippen LogP contribution < -0.4 is 4.74 Å². The summed E-state index contributed by atoms with van der Waals surface area (Å²) in [7, 11) is 2.02. The van der Waals surface area contributed by atoms with Crippen molar-refractivity contribution in [1.29, 1.82) is 0 Å². The van der Waals surface area contributed by atoms with Crippen LogP contribution in [0.4, 0.5) is 0 Å². The highest BCUT2D eigenvalue weighted by atomic mass is 79.9. The summed E-state index contributed by atoms with van der Waals surface area (Å²) in [6, 6.07) is 8.27. The van der Waals surface area contributed by atoms with Crippen molar-refractivity contribution in [3.63, 3.8) is 0 Å². The van der Waals surface area contributed by atoms with Gasteiger partial charge >= 0.3 is 0 Å². The zero-order valence-electron chi connectivity index (χ0n) is 10.7. The molecule has 0 saturated carbocycles. The van der Waals surface area contributed by atoms with E-state index >= 15 is 0 Å². The maximum atomic E-state index is 5.50. The van der Waals surface area contributed by atoms with E-state index in [-0.39, 0.29) is 0 Å². The highest BCUT2D eigenvalue weighted by Gasteiger charge is 2.06. The van der Waals surface area contributed by atoms with Crippen LogP contribution in [0.25, 0.3) is 0 Å². The predicted octanol–water partition coefficient (Wildman–Crippen LogP) is 3.37. The fourth-order valence-corrected chi connectivity index (χ4v) is 2.50. The van der Waals surface area contributed by atoms with Gasteiger partial charge in [0.15, 0.2) is 0 Å². The molecule has 0 saturated heterocycles. The minimum absolute atomic E-state index is 0.705. The van der Waals surface area contributed by atoms with Crippen molar-refractivity contribution < 1.29 is 4.74 Å². The molecule has 0 radical (unpaired) electrons. The van der Waals surface area contributed by atoms with E-state index in [0.29, 0.717) is 6.61 Å². The summed E-state index contributed by atoms with van der Waals surface area (Å²) < 4.78 is 8.49. The van der Waals surface area contributed by atoms with Gasteiger partial charge in [-0.2, -0.15) is 0 Å². The number of aromatic nitrogens is 2. The minimum Gasteiger partial charge on any atom is -0.494 e. The molecule has 1 aromatic carbocycles. The molecule has 1 heterocycles. The molecule has 0 aliphatic rings. The molecule has 0 N–H and O–H groups in total. The highest BCUT2D eigenvalue weighted by Crippen LogP contribution is 2.18. The molecule has 0 bridgehead atoms. The molecule has 2 rings (SSSR count). The number of imidazole rings is 1. The van der Waals surface area contributed by atoms with Crippen LogP contribution in [0, 0.1) is 0 Å². The van der Waals surface area contributed by atoms with Gasteiger partial charge in [0.25, 0.3) is 0 Å². The first-order valence-electron chi connectivity index (χ1n) is 6.08. The van der Waals surface area contributed by atoms with E-state index in [1.807, 2.05) is 32.4 Å².